The first-order valence-corrected chi connectivity index (χ1v) is 6.09. The van der Waals surface area contributed by atoms with Crippen molar-refractivity contribution < 1.29 is 19.4 Å². The number of anilines is 1. The van der Waals surface area contributed by atoms with Gasteiger partial charge in [0.25, 0.3) is 5.91 Å². The Hall–Kier alpha value is -1.79. The summed E-state index contributed by atoms with van der Waals surface area (Å²) in [6.45, 7) is 2.21. The van der Waals surface area contributed by atoms with Crippen LogP contribution in [0.15, 0.2) is 24.3 Å². The van der Waals surface area contributed by atoms with Gasteiger partial charge in [-0.25, -0.2) is 4.79 Å². The molecule has 19 heavy (non-hydrogen) atoms. The van der Waals surface area contributed by atoms with Crippen LogP contribution in [0.4, 0.5) is 10.5 Å². The lowest BCUT2D eigenvalue weighted by molar-refractivity contribution is 0.0303. The third kappa shape index (κ3) is 3.15. The Balaban J connectivity index is 2.09. The van der Waals surface area contributed by atoms with Crippen LogP contribution in [0.25, 0.3) is 0 Å². The lowest BCUT2D eigenvalue weighted by Crippen LogP contribution is -2.40. The number of benzene rings is 1. The van der Waals surface area contributed by atoms with E-state index < -0.39 is 6.09 Å². The topological polar surface area (TPSA) is 70.1 Å². The normalized spacial score (nSPS) is 15.1. The SMILES string of the molecule is O=C(c1ccc(N(Cl)C(=O)O)cc1)N1CCOCC1. The highest BCUT2D eigenvalue weighted by atomic mass is 35.5. The zero-order valence-corrected chi connectivity index (χ0v) is 10.8. The molecule has 102 valence electrons. The average molecular weight is 285 g/mol. The Labute approximate surface area is 115 Å². The highest BCUT2D eigenvalue weighted by molar-refractivity contribution is 6.35. The molecule has 7 heteroatoms. The van der Waals surface area contributed by atoms with Crippen molar-refractivity contribution in [3.8, 4) is 0 Å². The lowest BCUT2D eigenvalue weighted by atomic mass is 10.1. The number of carboxylic acid groups (broad SMARTS) is 1. The summed E-state index contributed by atoms with van der Waals surface area (Å²) in [6, 6.07) is 6.11. The highest BCUT2D eigenvalue weighted by Gasteiger charge is 2.19. The molecule has 0 aliphatic carbocycles. The fraction of sp³-hybridized carbons (Fsp3) is 0.333. The zero-order valence-electron chi connectivity index (χ0n) is 10.1. The molecule has 0 radical (unpaired) electrons. The predicted octanol–water partition coefficient (Wildman–Crippen LogP) is 1.80. The molecule has 0 spiro atoms. The smallest absolute Gasteiger partial charge is 0.426 e. The van der Waals surface area contributed by atoms with Gasteiger partial charge < -0.3 is 14.7 Å². The van der Waals surface area contributed by atoms with Gasteiger partial charge in [-0.2, -0.15) is 4.42 Å². The molecule has 1 aromatic carbocycles. The van der Waals surface area contributed by atoms with Gasteiger partial charge in [-0.05, 0) is 24.3 Å². The van der Waals surface area contributed by atoms with E-state index in [1.54, 1.807) is 17.0 Å². The summed E-state index contributed by atoms with van der Waals surface area (Å²) < 4.78 is 5.75. The first-order chi connectivity index (χ1) is 9.09. The standard InChI is InChI=1S/C12H13ClN2O4/c13-15(12(17)18)10-3-1-9(2-4-10)11(16)14-5-7-19-8-6-14/h1-4H,5-8H2,(H,17,18). The summed E-state index contributed by atoms with van der Waals surface area (Å²) >= 11 is 5.54. The minimum Gasteiger partial charge on any atom is -0.464 e. The average Bonchev–Trinajstić information content (AvgIpc) is 2.46. The van der Waals surface area contributed by atoms with Crippen molar-refractivity contribution in [2.45, 2.75) is 0 Å². The van der Waals surface area contributed by atoms with E-state index in [2.05, 4.69) is 0 Å². The van der Waals surface area contributed by atoms with Gasteiger partial charge >= 0.3 is 6.09 Å². The van der Waals surface area contributed by atoms with Crippen molar-refractivity contribution >= 4 is 29.5 Å². The molecule has 1 fully saturated rings. The molecular weight excluding hydrogens is 272 g/mol. The van der Waals surface area contributed by atoms with Gasteiger partial charge in [0.15, 0.2) is 0 Å². The Morgan fingerprint density at radius 3 is 2.32 bits per heavy atom. The quantitative estimate of drug-likeness (QED) is 0.841. The van der Waals surface area contributed by atoms with Crippen LogP contribution in [0.1, 0.15) is 10.4 Å². The summed E-state index contributed by atoms with van der Waals surface area (Å²) in [5.74, 6) is -0.0914. The molecule has 2 amide bonds. The number of nitrogens with zero attached hydrogens (tertiary/aromatic N) is 2. The van der Waals surface area contributed by atoms with E-state index in [1.807, 2.05) is 0 Å². The maximum absolute atomic E-state index is 12.1. The van der Waals surface area contributed by atoms with E-state index in [0.29, 0.717) is 42.0 Å². The fourth-order valence-electron chi connectivity index (χ4n) is 1.79. The van der Waals surface area contributed by atoms with Crippen LogP contribution < -0.4 is 4.42 Å². The monoisotopic (exact) mass is 284 g/mol. The van der Waals surface area contributed by atoms with Crippen molar-refractivity contribution in [1.29, 1.82) is 0 Å². The number of morpholine rings is 1. The first-order valence-electron chi connectivity index (χ1n) is 5.75. The van der Waals surface area contributed by atoms with Gasteiger partial charge in [-0.15, -0.1) is 0 Å². The van der Waals surface area contributed by atoms with Crippen LogP contribution in [0.5, 0.6) is 0 Å². The van der Waals surface area contributed by atoms with E-state index in [4.69, 9.17) is 21.6 Å². The van der Waals surface area contributed by atoms with Crippen LogP contribution in [0.2, 0.25) is 0 Å². The second-order valence-electron chi connectivity index (χ2n) is 4.01. The lowest BCUT2D eigenvalue weighted by Gasteiger charge is -2.26. The van der Waals surface area contributed by atoms with Gasteiger partial charge in [0.2, 0.25) is 0 Å². The molecule has 0 aromatic heterocycles. The Kier molecular flexibility index (Phi) is 4.24. The van der Waals surface area contributed by atoms with Crippen molar-refractivity contribution in [2.75, 3.05) is 30.7 Å². The van der Waals surface area contributed by atoms with E-state index in [1.165, 1.54) is 12.1 Å². The fourth-order valence-corrected chi connectivity index (χ4v) is 1.91. The number of hydrogen-bond donors (Lipinski definition) is 1. The van der Waals surface area contributed by atoms with Gasteiger partial charge in [0.1, 0.15) is 0 Å². The number of ether oxygens (including phenoxy) is 1. The molecule has 0 unspecified atom stereocenters. The molecule has 0 bridgehead atoms. The van der Waals surface area contributed by atoms with Crippen LogP contribution in [-0.4, -0.2) is 48.3 Å². The summed E-state index contributed by atoms with van der Waals surface area (Å²) in [5.41, 5.74) is 0.800. The van der Waals surface area contributed by atoms with Crippen LogP contribution in [0, 0.1) is 0 Å². The van der Waals surface area contributed by atoms with Gasteiger partial charge in [0.05, 0.1) is 18.9 Å². The third-order valence-corrected chi connectivity index (χ3v) is 3.15. The summed E-state index contributed by atoms with van der Waals surface area (Å²) in [6.07, 6.45) is -1.27. The van der Waals surface area contributed by atoms with Gasteiger partial charge in [0, 0.05) is 30.4 Å². The summed E-state index contributed by atoms with van der Waals surface area (Å²) in [4.78, 5) is 24.5. The first kappa shape index (κ1) is 13.6. The Bertz CT molecular complexity index is 471. The molecule has 0 atom stereocenters. The van der Waals surface area contributed by atoms with Gasteiger partial charge in [-0.1, -0.05) is 0 Å². The second-order valence-corrected chi connectivity index (χ2v) is 4.35. The highest BCUT2D eigenvalue weighted by Crippen LogP contribution is 2.18. The third-order valence-electron chi connectivity index (χ3n) is 2.81. The van der Waals surface area contributed by atoms with Gasteiger partial charge in [-0.3, -0.25) is 4.79 Å². The number of carbonyl (C=O) groups is 2. The summed E-state index contributed by atoms with van der Waals surface area (Å²) in [7, 11) is 0. The van der Waals surface area contributed by atoms with Crippen molar-refractivity contribution in [3.05, 3.63) is 29.8 Å². The molecule has 2 rings (SSSR count). The van der Waals surface area contributed by atoms with E-state index >= 15 is 0 Å². The zero-order chi connectivity index (χ0) is 13.8. The molecule has 0 saturated carbocycles. The van der Waals surface area contributed by atoms with Crippen molar-refractivity contribution in [1.82, 2.24) is 4.90 Å². The van der Waals surface area contributed by atoms with Crippen LogP contribution in [-0.2, 0) is 4.74 Å². The molecule has 1 N–H and O–H groups in total. The Morgan fingerprint density at radius 1 is 1.21 bits per heavy atom. The van der Waals surface area contributed by atoms with Crippen molar-refractivity contribution in [2.24, 2.45) is 0 Å². The summed E-state index contributed by atoms with van der Waals surface area (Å²) in [5, 5.41) is 8.72. The molecule has 1 aliphatic heterocycles. The van der Waals surface area contributed by atoms with Crippen molar-refractivity contribution in [3.63, 3.8) is 0 Å². The Morgan fingerprint density at radius 2 is 1.79 bits per heavy atom. The number of rotatable bonds is 2. The van der Waals surface area contributed by atoms with Crippen LogP contribution in [0.3, 0.4) is 0 Å². The number of carbonyl (C=O) groups excluding carboxylic acids is 1. The molecule has 1 saturated heterocycles. The molecule has 1 aromatic rings. The maximum Gasteiger partial charge on any atom is 0.426 e. The molecule has 1 heterocycles. The van der Waals surface area contributed by atoms with E-state index in [9.17, 15) is 9.59 Å². The van der Waals surface area contributed by atoms with E-state index in [-0.39, 0.29) is 5.91 Å². The minimum absolute atomic E-state index is 0.0914. The minimum atomic E-state index is -1.27. The van der Waals surface area contributed by atoms with Crippen LogP contribution >= 0.6 is 11.8 Å². The second kappa shape index (κ2) is 5.90. The molecule has 6 nitrogen and oxygen atoms in total. The number of halogens is 1. The molecule has 1 aliphatic rings. The predicted molar refractivity (Wildman–Crippen MR) is 69.5 cm³/mol. The molecular formula is C12H13ClN2O4. The number of hydrogen-bond acceptors (Lipinski definition) is 3. The largest absolute Gasteiger partial charge is 0.464 e. The maximum atomic E-state index is 12.1. The number of amides is 2. The van der Waals surface area contributed by atoms with E-state index in [0.717, 1.165) is 0 Å².